The lowest BCUT2D eigenvalue weighted by Crippen LogP contribution is -2.43. The van der Waals surface area contributed by atoms with E-state index >= 15 is 0 Å². The van der Waals surface area contributed by atoms with E-state index in [1.165, 1.54) is 25.8 Å². The first kappa shape index (κ1) is 11.1. The predicted octanol–water partition coefficient (Wildman–Crippen LogP) is 2.48. The van der Waals surface area contributed by atoms with Crippen molar-refractivity contribution in [1.82, 2.24) is 4.90 Å². The molecule has 1 saturated carbocycles. The van der Waals surface area contributed by atoms with E-state index in [1.54, 1.807) is 0 Å². The molecular weight excluding hydrogens is 186 g/mol. The van der Waals surface area contributed by atoms with Crippen LogP contribution in [0.3, 0.4) is 0 Å². The van der Waals surface area contributed by atoms with Crippen LogP contribution >= 0.6 is 0 Å². The molecule has 0 aromatic heterocycles. The number of likely N-dealkylation sites (tertiary alicyclic amines) is 1. The van der Waals surface area contributed by atoms with E-state index in [9.17, 15) is 4.79 Å². The highest BCUT2D eigenvalue weighted by Crippen LogP contribution is 2.32. The molecule has 0 aromatic rings. The van der Waals surface area contributed by atoms with Crippen molar-refractivity contribution in [2.75, 3.05) is 13.1 Å². The van der Waals surface area contributed by atoms with E-state index in [-0.39, 0.29) is 0 Å². The lowest BCUT2D eigenvalue weighted by atomic mass is 9.94. The Morgan fingerprint density at radius 1 is 1.33 bits per heavy atom. The van der Waals surface area contributed by atoms with Gasteiger partial charge in [0, 0.05) is 32.0 Å². The zero-order valence-electron chi connectivity index (χ0n) is 10.0. The third-order valence-corrected chi connectivity index (χ3v) is 4.33. The Morgan fingerprint density at radius 2 is 2.13 bits per heavy atom. The Balaban J connectivity index is 1.86. The van der Waals surface area contributed by atoms with Crippen molar-refractivity contribution >= 4 is 5.78 Å². The Kier molecular flexibility index (Phi) is 3.45. The van der Waals surface area contributed by atoms with Crippen LogP contribution in [0.4, 0.5) is 0 Å². The van der Waals surface area contributed by atoms with Gasteiger partial charge in [0.25, 0.3) is 0 Å². The summed E-state index contributed by atoms with van der Waals surface area (Å²) in [7, 11) is 0. The molecule has 1 heterocycles. The number of hydrogen-bond acceptors (Lipinski definition) is 2. The van der Waals surface area contributed by atoms with Crippen molar-refractivity contribution in [3.8, 4) is 0 Å². The Morgan fingerprint density at radius 3 is 2.73 bits per heavy atom. The number of piperidine rings is 1. The van der Waals surface area contributed by atoms with Crippen molar-refractivity contribution in [1.29, 1.82) is 0 Å². The van der Waals surface area contributed by atoms with Gasteiger partial charge in [-0.2, -0.15) is 0 Å². The van der Waals surface area contributed by atoms with Gasteiger partial charge in [-0.25, -0.2) is 0 Å². The lowest BCUT2D eigenvalue weighted by molar-refractivity contribution is -0.123. The molecule has 2 heteroatoms. The molecule has 2 nitrogen and oxygen atoms in total. The molecule has 0 aromatic carbocycles. The average Bonchev–Trinajstić information content (AvgIpc) is 2.57. The fourth-order valence-corrected chi connectivity index (χ4v) is 3.12. The number of carbonyl (C=O) groups is 1. The van der Waals surface area contributed by atoms with E-state index in [4.69, 9.17) is 0 Å². The zero-order chi connectivity index (χ0) is 10.8. The molecule has 15 heavy (non-hydrogen) atoms. The van der Waals surface area contributed by atoms with E-state index in [0.29, 0.717) is 11.8 Å². The number of ketones is 1. The molecule has 0 spiro atoms. The maximum Gasteiger partial charge on any atom is 0.135 e. The highest BCUT2D eigenvalue weighted by atomic mass is 16.1. The number of nitrogens with zero attached hydrogens (tertiary/aromatic N) is 1. The third kappa shape index (κ3) is 2.60. The summed E-state index contributed by atoms with van der Waals surface area (Å²) < 4.78 is 0. The summed E-state index contributed by atoms with van der Waals surface area (Å²) in [6.07, 6.45) is 5.78. The summed E-state index contributed by atoms with van der Waals surface area (Å²) in [5, 5.41) is 0. The second kappa shape index (κ2) is 4.65. The van der Waals surface area contributed by atoms with Gasteiger partial charge in [0.2, 0.25) is 0 Å². The summed E-state index contributed by atoms with van der Waals surface area (Å²) in [4.78, 5) is 13.8. The van der Waals surface area contributed by atoms with Crippen LogP contribution in [-0.4, -0.2) is 29.8 Å². The minimum atomic E-state index is 0.457. The minimum Gasteiger partial charge on any atom is -0.300 e. The number of rotatable bonds is 2. The van der Waals surface area contributed by atoms with Crippen molar-refractivity contribution in [3.63, 3.8) is 0 Å². The van der Waals surface area contributed by atoms with Crippen LogP contribution in [0, 0.1) is 11.8 Å². The molecule has 3 unspecified atom stereocenters. The second-order valence-corrected chi connectivity index (χ2v) is 5.51. The highest BCUT2D eigenvalue weighted by Gasteiger charge is 2.29. The smallest absolute Gasteiger partial charge is 0.135 e. The van der Waals surface area contributed by atoms with Crippen LogP contribution in [0.2, 0.25) is 0 Å². The molecule has 1 aliphatic carbocycles. The predicted molar refractivity (Wildman–Crippen MR) is 61.8 cm³/mol. The summed E-state index contributed by atoms with van der Waals surface area (Å²) in [6.45, 7) is 6.83. The molecule has 3 atom stereocenters. The molecule has 0 bridgehead atoms. The van der Waals surface area contributed by atoms with Crippen LogP contribution in [0.5, 0.6) is 0 Å². The quantitative estimate of drug-likeness (QED) is 0.696. The fourth-order valence-electron chi connectivity index (χ4n) is 3.12. The summed E-state index contributed by atoms with van der Waals surface area (Å²) in [5.41, 5.74) is 0. The van der Waals surface area contributed by atoms with Gasteiger partial charge >= 0.3 is 0 Å². The first-order chi connectivity index (χ1) is 7.16. The topological polar surface area (TPSA) is 20.3 Å². The Labute approximate surface area is 93.0 Å². The maximum absolute atomic E-state index is 11.3. The molecule has 0 amide bonds. The monoisotopic (exact) mass is 209 g/mol. The SMILES string of the molecule is CC1CCCC1CN1CCC(=O)CC1C. The number of Topliss-reactive ketones (excluding diaryl/α,β-unsaturated/α-hetero) is 1. The first-order valence-electron chi connectivity index (χ1n) is 6.42. The van der Waals surface area contributed by atoms with Crippen LogP contribution in [0.25, 0.3) is 0 Å². The van der Waals surface area contributed by atoms with Gasteiger partial charge < -0.3 is 0 Å². The molecule has 2 rings (SSSR count). The Hall–Kier alpha value is -0.370. The minimum absolute atomic E-state index is 0.457. The molecule has 1 aliphatic heterocycles. The summed E-state index contributed by atoms with van der Waals surface area (Å²) >= 11 is 0. The van der Waals surface area contributed by atoms with E-state index in [0.717, 1.165) is 31.2 Å². The van der Waals surface area contributed by atoms with Crippen molar-refractivity contribution < 1.29 is 4.79 Å². The highest BCUT2D eigenvalue weighted by molar-refractivity contribution is 5.79. The molecule has 1 saturated heterocycles. The van der Waals surface area contributed by atoms with Crippen LogP contribution in [0.15, 0.2) is 0 Å². The number of carbonyl (C=O) groups excluding carboxylic acids is 1. The van der Waals surface area contributed by atoms with Gasteiger partial charge in [-0.1, -0.05) is 19.8 Å². The van der Waals surface area contributed by atoms with Gasteiger partial charge in [-0.15, -0.1) is 0 Å². The van der Waals surface area contributed by atoms with E-state index < -0.39 is 0 Å². The maximum atomic E-state index is 11.3. The lowest BCUT2D eigenvalue weighted by Gasteiger charge is -2.35. The standard InChI is InChI=1S/C13H23NO/c1-10-4-3-5-12(10)9-14-7-6-13(15)8-11(14)2/h10-12H,3-9H2,1-2H3. The summed E-state index contributed by atoms with van der Waals surface area (Å²) in [6, 6.07) is 0.485. The molecule has 2 aliphatic rings. The Bertz CT molecular complexity index is 239. The largest absolute Gasteiger partial charge is 0.300 e. The van der Waals surface area contributed by atoms with Gasteiger partial charge in [0.1, 0.15) is 5.78 Å². The van der Waals surface area contributed by atoms with Crippen LogP contribution in [0.1, 0.15) is 46.0 Å². The fraction of sp³-hybridized carbons (Fsp3) is 0.923. The second-order valence-electron chi connectivity index (χ2n) is 5.51. The van der Waals surface area contributed by atoms with E-state index in [1.807, 2.05) is 0 Å². The molecule has 2 fully saturated rings. The molecule has 0 radical (unpaired) electrons. The van der Waals surface area contributed by atoms with Crippen LogP contribution < -0.4 is 0 Å². The molecular formula is C13H23NO. The molecule has 0 N–H and O–H groups in total. The van der Waals surface area contributed by atoms with Crippen molar-refractivity contribution in [2.24, 2.45) is 11.8 Å². The zero-order valence-corrected chi connectivity index (χ0v) is 10.0. The summed E-state index contributed by atoms with van der Waals surface area (Å²) in [5.74, 6) is 2.24. The normalized spacial score (nSPS) is 38.5. The van der Waals surface area contributed by atoms with Gasteiger partial charge in [-0.05, 0) is 25.2 Å². The first-order valence-corrected chi connectivity index (χ1v) is 6.42. The van der Waals surface area contributed by atoms with E-state index in [2.05, 4.69) is 18.7 Å². The average molecular weight is 209 g/mol. The number of hydrogen-bond donors (Lipinski definition) is 0. The van der Waals surface area contributed by atoms with Crippen LogP contribution in [-0.2, 0) is 4.79 Å². The van der Waals surface area contributed by atoms with Crippen molar-refractivity contribution in [2.45, 2.75) is 52.0 Å². The van der Waals surface area contributed by atoms with Gasteiger partial charge in [0.15, 0.2) is 0 Å². The van der Waals surface area contributed by atoms with Gasteiger partial charge in [0.05, 0.1) is 0 Å². The third-order valence-electron chi connectivity index (χ3n) is 4.33. The van der Waals surface area contributed by atoms with Gasteiger partial charge in [-0.3, -0.25) is 9.69 Å². The molecule has 86 valence electrons. The van der Waals surface area contributed by atoms with Crippen molar-refractivity contribution in [3.05, 3.63) is 0 Å².